The molecule has 0 N–H and O–H groups in total. The van der Waals surface area contributed by atoms with Gasteiger partial charge in [0.1, 0.15) is 9.84 Å². The minimum Gasteiger partial charge on any atom is -0.378 e. The quantitative estimate of drug-likeness (QED) is 0.707. The summed E-state index contributed by atoms with van der Waals surface area (Å²) >= 11 is 0. The zero-order chi connectivity index (χ0) is 14.6. The van der Waals surface area contributed by atoms with Crippen molar-refractivity contribution < 1.29 is 17.9 Å². The van der Waals surface area contributed by atoms with Gasteiger partial charge < -0.3 is 14.5 Å². The van der Waals surface area contributed by atoms with Gasteiger partial charge in [-0.3, -0.25) is 4.79 Å². The Bertz CT molecular complexity index is 432. The number of nitrogens with zero attached hydrogens (tertiary/aromatic N) is 2. The van der Waals surface area contributed by atoms with Crippen LogP contribution in [-0.2, 0) is 19.4 Å². The van der Waals surface area contributed by atoms with Crippen LogP contribution in [-0.4, -0.2) is 82.1 Å². The van der Waals surface area contributed by atoms with Crippen molar-refractivity contribution in [2.24, 2.45) is 5.92 Å². The second-order valence-electron chi connectivity index (χ2n) is 5.71. The molecule has 0 spiro atoms. The number of morpholine rings is 1. The van der Waals surface area contributed by atoms with Gasteiger partial charge in [-0.2, -0.15) is 0 Å². The maximum atomic E-state index is 12.4. The number of likely N-dealkylation sites (tertiary alicyclic amines) is 1. The van der Waals surface area contributed by atoms with E-state index in [4.69, 9.17) is 4.74 Å². The number of piperidine rings is 1. The lowest BCUT2D eigenvalue weighted by atomic mass is 9.96. The number of hydrogen-bond donors (Lipinski definition) is 0. The molecule has 0 bridgehead atoms. The van der Waals surface area contributed by atoms with Crippen LogP contribution < -0.4 is 0 Å². The smallest absolute Gasteiger partial charge is 0.227 e. The average Bonchev–Trinajstić information content (AvgIpc) is 2.45. The minimum absolute atomic E-state index is 0.0152. The number of carbonyl (C=O) groups is 1. The van der Waals surface area contributed by atoms with Crippen LogP contribution in [0, 0.1) is 5.92 Å². The van der Waals surface area contributed by atoms with E-state index in [2.05, 4.69) is 4.90 Å². The van der Waals surface area contributed by atoms with E-state index in [-0.39, 0.29) is 17.6 Å². The lowest BCUT2D eigenvalue weighted by molar-refractivity contribution is -0.141. The molecule has 0 aliphatic carbocycles. The molecule has 1 atom stereocenters. The van der Waals surface area contributed by atoms with Crippen LogP contribution in [0.1, 0.15) is 12.8 Å². The number of rotatable bonds is 4. The predicted molar refractivity (Wildman–Crippen MR) is 76.3 cm³/mol. The van der Waals surface area contributed by atoms with E-state index < -0.39 is 9.84 Å². The average molecular weight is 304 g/mol. The highest BCUT2D eigenvalue weighted by Gasteiger charge is 2.30. The number of sulfone groups is 1. The van der Waals surface area contributed by atoms with Crippen LogP contribution in [0.15, 0.2) is 0 Å². The van der Waals surface area contributed by atoms with Crippen LogP contribution in [0.3, 0.4) is 0 Å². The van der Waals surface area contributed by atoms with Gasteiger partial charge >= 0.3 is 0 Å². The van der Waals surface area contributed by atoms with Gasteiger partial charge in [0.25, 0.3) is 0 Å². The molecule has 2 rings (SSSR count). The normalized spacial score (nSPS) is 25.6. The SMILES string of the molecule is CS(=O)(=O)CCN1CCCC(C(=O)N2CCOCC2)C1. The molecule has 1 unspecified atom stereocenters. The van der Waals surface area contributed by atoms with E-state index in [0.29, 0.717) is 39.4 Å². The molecule has 2 aliphatic heterocycles. The summed E-state index contributed by atoms with van der Waals surface area (Å²) in [5, 5.41) is 0. The fourth-order valence-electron chi connectivity index (χ4n) is 2.80. The van der Waals surface area contributed by atoms with Crippen LogP contribution in [0.25, 0.3) is 0 Å². The second-order valence-corrected chi connectivity index (χ2v) is 7.97. The highest BCUT2D eigenvalue weighted by atomic mass is 32.2. The van der Waals surface area contributed by atoms with Crippen LogP contribution in [0.5, 0.6) is 0 Å². The molecule has 0 aromatic rings. The molecule has 20 heavy (non-hydrogen) atoms. The molecule has 2 saturated heterocycles. The molecule has 116 valence electrons. The summed E-state index contributed by atoms with van der Waals surface area (Å²) < 4.78 is 27.7. The van der Waals surface area contributed by atoms with Gasteiger partial charge in [0.15, 0.2) is 0 Å². The van der Waals surface area contributed by atoms with Crippen molar-refractivity contribution in [3.05, 3.63) is 0 Å². The van der Waals surface area contributed by atoms with Crippen molar-refractivity contribution >= 4 is 15.7 Å². The Kier molecular flexibility index (Phi) is 5.40. The highest BCUT2D eigenvalue weighted by Crippen LogP contribution is 2.19. The Morgan fingerprint density at radius 2 is 1.95 bits per heavy atom. The second kappa shape index (κ2) is 6.87. The van der Waals surface area contributed by atoms with Gasteiger partial charge in [0, 0.05) is 32.4 Å². The molecule has 6 nitrogen and oxygen atoms in total. The lowest BCUT2D eigenvalue weighted by Crippen LogP contribution is -2.48. The van der Waals surface area contributed by atoms with Crippen molar-refractivity contribution in [1.29, 1.82) is 0 Å². The molecule has 0 saturated carbocycles. The lowest BCUT2D eigenvalue weighted by Gasteiger charge is -2.36. The molecule has 0 radical (unpaired) electrons. The standard InChI is InChI=1S/C13H24N2O4S/c1-20(17,18)10-7-14-4-2-3-12(11-14)13(16)15-5-8-19-9-6-15/h12H,2-11H2,1H3. The number of ether oxygens (including phenoxy) is 1. The maximum absolute atomic E-state index is 12.4. The first-order valence-electron chi connectivity index (χ1n) is 7.22. The third kappa shape index (κ3) is 4.71. The van der Waals surface area contributed by atoms with Gasteiger partial charge in [-0.05, 0) is 19.4 Å². The number of amides is 1. The Morgan fingerprint density at radius 3 is 2.60 bits per heavy atom. The van der Waals surface area contributed by atoms with E-state index >= 15 is 0 Å². The van der Waals surface area contributed by atoms with Crippen LogP contribution in [0.4, 0.5) is 0 Å². The first kappa shape index (κ1) is 15.7. The van der Waals surface area contributed by atoms with E-state index in [0.717, 1.165) is 19.4 Å². The molecule has 0 aromatic carbocycles. The first-order chi connectivity index (χ1) is 9.46. The maximum Gasteiger partial charge on any atom is 0.227 e. The zero-order valence-corrected chi connectivity index (χ0v) is 12.9. The first-order valence-corrected chi connectivity index (χ1v) is 9.28. The van der Waals surface area contributed by atoms with Crippen molar-refractivity contribution in [3.63, 3.8) is 0 Å². The van der Waals surface area contributed by atoms with E-state index in [1.165, 1.54) is 6.26 Å². The van der Waals surface area contributed by atoms with Gasteiger partial charge in [-0.25, -0.2) is 8.42 Å². The third-order valence-corrected chi connectivity index (χ3v) is 4.88. The molecule has 1 amide bonds. The zero-order valence-electron chi connectivity index (χ0n) is 12.1. The Morgan fingerprint density at radius 1 is 1.25 bits per heavy atom. The Balaban J connectivity index is 1.84. The van der Waals surface area contributed by atoms with Crippen LogP contribution in [0.2, 0.25) is 0 Å². The minimum atomic E-state index is -2.94. The highest BCUT2D eigenvalue weighted by molar-refractivity contribution is 7.90. The predicted octanol–water partition coefficient (Wildman–Crippen LogP) is -0.398. The monoisotopic (exact) mass is 304 g/mol. The Labute approximate surface area is 121 Å². The van der Waals surface area contributed by atoms with Gasteiger partial charge in [0.2, 0.25) is 5.91 Å². The molecule has 0 aromatic heterocycles. The Hall–Kier alpha value is -0.660. The van der Waals surface area contributed by atoms with Gasteiger partial charge in [0.05, 0.1) is 24.9 Å². The molecular formula is C13H24N2O4S. The summed E-state index contributed by atoms with van der Waals surface area (Å²) in [7, 11) is -2.94. The van der Waals surface area contributed by atoms with E-state index in [1.54, 1.807) is 0 Å². The molecule has 7 heteroatoms. The molecule has 2 aliphatic rings. The van der Waals surface area contributed by atoms with Gasteiger partial charge in [-0.15, -0.1) is 0 Å². The van der Waals surface area contributed by atoms with Crippen molar-refractivity contribution in [2.75, 3.05) is 57.9 Å². The summed E-state index contributed by atoms with van der Waals surface area (Å²) in [4.78, 5) is 16.4. The third-order valence-electron chi connectivity index (χ3n) is 3.96. The summed E-state index contributed by atoms with van der Waals surface area (Å²) in [6.45, 7) is 4.71. The largest absolute Gasteiger partial charge is 0.378 e. The molecule has 2 heterocycles. The van der Waals surface area contributed by atoms with E-state index in [1.807, 2.05) is 4.90 Å². The summed E-state index contributed by atoms with van der Waals surface area (Å²) in [6, 6.07) is 0. The molecule has 2 fully saturated rings. The number of hydrogen-bond acceptors (Lipinski definition) is 5. The fourth-order valence-corrected chi connectivity index (χ4v) is 3.39. The number of carbonyl (C=O) groups excluding carboxylic acids is 1. The molecular weight excluding hydrogens is 280 g/mol. The fraction of sp³-hybridized carbons (Fsp3) is 0.923. The van der Waals surface area contributed by atoms with Crippen molar-refractivity contribution in [2.45, 2.75) is 12.8 Å². The summed E-state index contributed by atoms with van der Waals surface area (Å²) in [6.07, 6.45) is 3.13. The summed E-state index contributed by atoms with van der Waals surface area (Å²) in [5.41, 5.74) is 0. The van der Waals surface area contributed by atoms with Crippen molar-refractivity contribution in [1.82, 2.24) is 9.80 Å². The van der Waals surface area contributed by atoms with E-state index in [9.17, 15) is 13.2 Å². The van der Waals surface area contributed by atoms with Crippen LogP contribution >= 0.6 is 0 Å². The van der Waals surface area contributed by atoms with Crippen molar-refractivity contribution in [3.8, 4) is 0 Å². The topological polar surface area (TPSA) is 66.9 Å². The summed E-state index contributed by atoms with van der Waals surface area (Å²) in [5.74, 6) is 0.393. The van der Waals surface area contributed by atoms with Gasteiger partial charge in [-0.1, -0.05) is 0 Å².